The molecule has 18 heteroatoms. The number of aromatic nitrogens is 1. The van der Waals surface area contributed by atoms with Gasteiger partial charge in [-0.25, -0.2) is 4.98 Å². The van der Waals surface area contributed by atoms with Crippen LogP contribution in [-0.2, 0) is 35.2 Å². The average Bonchev–Trinajstić information content (AvgIpc) is 4.13. The summed E-state index contributed by atoms with van der Waals surface area (Å²) in [5.41, 5.74) is 6.59. The number of hydrogen-bond donors (Lipinski definition) is 2. The summed E-state index contributed by atoms with van der Waals surface area (Å²) < 4.78 is 18.0. The van der Waals surface area contributed by atoms with Crippen molar-refractivity contribution in [1.82, 2.24) is 30.3 Å². The summed E-state index contributed by atoms with van der Waals surface area (Å²) >= 11 is 7.89. The van der Waals surface area contributed by atoms with Crippen molar-refractivity contribution in [2.45, 2.75) is 131 Å². The summed E-state index contributed by atoms with van der Waals surface area (Å²) in [4.78, 5) is 81.4. The summed E-state index contributed by atoms with van der Waals surface area (Å²) in [7, 11) is 0. The van der Waals surface area contributed by atoms with Crippen LogP contribution in [0.1, 0.15) is 120 Å². The maximum absolute atomic E-state index is 14.4. The highest BCUT2D eigenvalue weighted by Crippen LogP contribution is 2.59. The Morgan fingerprint density at radius 3 is 2.30 bits per heavy atom. The van der Waals surface area contributed by atoms with Crippen LogP contribution in [0.2, 0.25) is 5.02 Å². The number of hydrogen-bond acceptors (Lipinski definition) is 13. The number of piperazine rings is 1. The molecule has 8 rings (SSSR count). The molecule has 0 bridgehead atoms. The Hall–Kier alpha value is -6.06. The van der Waals surface area contributed by atoms with E-state index in [1.54, 1.807) is 29.5 Å². The van der Waals surface area contributed by atoms with Gasteiger partial charge in [0.25, 0.3) is 5.91 Å². The minimum Gasteiger partial charge on any atom is -0.489 e. The molecule has 406 valence electrons. The van der Waals surface area contributed by atoms with Crippen molar-refractivity contribution in [1.29, 1.82) is 5.26 Å². The molecule has 4 heterocycles. The first kappa shape index (κ1) is 56.2. The lowest BCUT2D eigenvalue weighted by atomic mass is 9.49. The second-order valence-corrected chi connectivity index (χ2v) is 24.3. The molecule has 2 N–H and O–H groups in total. The largest absolute Gasteiger partial charge is 0.489 e. The van der Waals surface area contributed by atoms with E-state index < -0.39 is 35.5 Å². The fraction of sp³-hybridized carbons (Fsp3) is 0.534. The van der Waals surface area contributed by atoms with Gasteiger partial charge in [-0.3, -0.25) is 28.9 Å². The number of halogens is 1. The predicted octanol–water partition coefficient (Wildman–Crippen LogP) is 8.34. The third-order valence-corrected chi connectivity index (χ3v) is 17.0. The first-order valence-electron chi connectivity index (χ1n) is 26.4. The van der Waals surface area contributed by atoms with Crippen molar-refractivity contribution >= 4 is 58.2 Å². The van der Waals surface area contributed by atoms with Crippen molar-refractivity contribution in [2.75, 3.05) is 57.4 Å². The van der Waals surface area contributed by atoms with Gasteiger partial charge >= 0.3 is 5.97 Å². The maximum Gasteiger partial charge on any atom is 0.302 e. The molecular weight excluding hydrogens is 1000 g/mol. The molecule has 0 spiro atoms. The highest BCUT2D eigenvalue weighted by molar-refractivity contribution is 7.13. The Morgan fingerprint density at radius 2 is 1.67 bits per heavy atom. The molecule has 4 aromatic rings. The van der Waals surface area contributed by atoms with Crippen molar-refractivity contribution in [3.8, 4) is 22.3 Å². The lowest BCUT2D eigenvalue weighted by molar-refractivity contribution is -0.199. The molecule has 1 saturated carbocycles. The quantitative estimate of drug-likeness (QED) is 0.0718. The van der Waals surface area contributed by atoms with Gasteiger partial charge in [0.15, 0.2) is 0 Å². The normalized spacial score (nSPS) is 21.8. The Morgan fingerprint density at radius 1 is 0.961 bits per heavy atom. The summed E-state index contributed by atoms with van der Waals surface area (Å²) in [6, 6.07) is 19.1. The fourth-order valence-electron chi connectivity index (χ4n) is 12.2. The number of anilines is 1. The molecule has 3 aliphatic heterocycles. The van der Waals surface area contributed by atoms with Crippen molar-refractivity contribution in [3.05, 3.63) is 99.1 Å². The zero-order valence-electron chi connectivity index (χ0n) is 45.5. The first-order chi connectivity index (χ1) is 36.0. The van der Waals surface area contributed by atoms with Crippen molar-refractivity contribution in [3.63, 3.8) is 0 Å². The third kappa shape index (κ3) is 12.1. The predicted molar refractivity (Wildman–Crippen MR) is 293 cm³/mol. The zero-order valence-corrected chi connectivity index (χ0v) is 47.1. The second kappa shape index (κ2) is 22.9. The Kier molecular flexibility index (Phi) is 16.9. The van der Waals surface area contributed by atoms with E-state index in [2.05, 4.69) is 71.3 Å². The highest BCUT2D eigenvalue weighted by atomic mass is 35.5. The van der Waals surface area contributed by atoms with Gasteiger partial charge in [0, 0.05) is 99.8 Å². The summed E-state index contributed by atoms with van der Waals surface area (Å²) in [6.07, 6.45) is -0.0948. The fourth-order valence-corrected chi connectivity index (χ4v) is 13.2. The van der Waals surface area contributed by atoms with Crippen LogP contribution in [-0.4, -0.2) is 132 Å². The number of carbonyl (C=O) groups is 5. The van der Waals surface area contributed by atoms with Crippen molar-refractivity contribution in [2.24, 2.45) is 16.2 Å². The third-order valence-electron chi connectivity index (χ3n) is 15.7. The number of likely N-dealkylation sites (tertiary alicyclic amines) is 1. The van der Waals surface area contributed by atoms with Gasteiger partial charge in [-0.05, 0) is 72.7 Å². The van der Waals surface area contributed by atoms with Crippen LogP contribution in [0.15, 0.2) is 66.2 Å². The number of aryl methyl sites for hydroxylation is 1. The van der Waals surface area contributed by atoms with E-state index in [-0.39, 0.29) is 66.1 Å². The molecule has 2 saturated heterocycles. The molecule has 3 aromatic carbocycles. The lowest BCUT2D eigenvalue weighted by Gasteiger charge is -2.65. The lowest BCUT2D eigenvalue weighted by Crippen LogP contribution is -2.74. The molecular formula is C58H73ClN8O8S. The van der Waals surface area contributed by atoms with Crippen LogP contribution in [0, 0.1) is 34.5 Å². The number of benzene rings is 3. The number of carbonyl (C=O) groups excluding carboxylic acids is 5. The van der Waals surface area contributed by atoms with Gasteiger partial charge in [0.2, 0.25) is 17.7 Å². The zero-order chi connectivity index (χ0) is 54.9. The molecule has 4 amide bonds. The highest BCUT2D eigenvalue weighted by Gasteiger charge is 2.67. The topological polar surface area (TPSA) is 187 Å². The Bertz CT molecular complexity index is 2830. The van der Waals surface area contributed by atoms with Crippen LogP contribution in [0.5, 0.6) is 5.75 Å². The molecule has 1 unspecified atom stereocenters. The van der Waals surface area contributed by atoms with E-state index in [0.717, 1.165) is 71.2 Å². The number of nitriles is 1. The summed E-state index contributed by atoms with van der Waals surface area (Å²) in [5, 5.41) is 15.7. The minimum absolute atomic E-state index is 0.0331. The number of ether oxygens (including phenoxy) is 3. The molecule has 0 radical (unpaired) electrons. The van der Waals surface area contributed by atoms with Gasteiger partial charge in [-0.15, -0.1) is 11.3 Å². The van der Waals surface area contributed by atoms with E-state index in [1.807, 2.05) is 75.4 Å². The molecule has 1 aliphatic carbocycles. The van der Waals surface area contributed by atoms with Crippen LogP contribution >= 0.6 is 22.9 Å². The minimum atomic E-state index is -0.940. The maximum atomic E-state index is 14.4. The summed E-state index contributed by atoms with van der Waals surface area (Å²) in [6.45, 7) is 25.0. The van der Waals surface area contributed by atoms with E-state index in [9.17, 15) is 29.2 Å². The number of nitrogens with one attached hydrogen (secondary N) is 2. The van der Waals surface area contributed by atoms with Gasteiger partial charge < -0.3 is 39.5 Å². The standard InChI is InChI=1S/C58H73ClN8O8S/c1-35(38-13-15-39(16-14-38)49-36(2)61-34-76-49)62-51(70)47-30-44(74-37(3)68)33-66(47)53(72)50(56(4,5)6)63-48(69)12-11-26-73-27-25-64-21-23-65(24-22-64)42-18-20-45-41(28-42)32-67(52(45)71)54-57(7,8)55(58(54,9)10)75-43-19-17-40(31-60)46(59)29-43/h13-20,28-29,34-35,44,47,50,54-55H,11-12,21-27,30,32-33H2,1-10H3,(H,62,70)(H,63,69)/t35-,44+,47?,50+,54-,55-/m0/s1. The molecule has 16 nitrogen and oxygen atoms in total. The first-order valence-corrected chi connectivity index (χ1v) is 27.7. The van der Waals surface area contributed by atoms with E-state index in [0.29, 0.717) is 42.5 Å². The second-order valence-electron chi connectivity index (χ2n) is 23.1. The number of nitrogens with zero attached hydrogens (tertiary/aromatic N) is 6. The number of esters is 1. The number of rotatable bonds is 18. The van der Waals surface area contributed by atoms with E-state index in [4.69, 9.17) is 25.8 Å². The van der Waals surface area contributed by atoms with Crippen LogP contribution in [0.4, 0.5) is 5.69 Å². The molecule has 1 aromatic heterocycles. The van der Waals surface area contributed by atoms with Crippen molar-refractivity contribution < 1.29 is 38.2 Å². The van der Waals surface area contributed by atoms with Gasteiger partial charge in [-0.2, -0.15) is 5.26 Å². The SMILES string of the molecule is CC(=O)O[C@@H]1CC(C(=O)N[C@@H](C)c2ccc(-c3scnc3C)cc2)N(C(=O)[C@@H](NC(=O)CCCOCCN2CCN(c3ccc4c(c3)CN([C@H]3C(C)(C)[C@H](Oc5ccc(C#N)c(Cl)c5)C3(C)C)C4=O)CC2)C(C)(C)C)C1. The Labute approximate surface area is 456 Å². The molecule has 3 fully saturated rings. The van der Waals surface area contributed by atoms with Gasteiger partial charge in [0.05, 0.1) is 45.9 Å². The number of thiazole rings is 1. The smallest absolute Gasteiger partial charge is 0.302 e. The van der Waals surface area contributed by atoms with E-state index >= 15 is 0 Å². The van der Waals surface area contributed by atoms with Crippen LogP contribution < -0.4 is 20.3 Å². The van der Waals surface area contributed by atoms with E-state index in [1.165, 1.54) is 11.8 Å². The molecule has 4 atom stereocenters. The van der Waals surface area contributed by atoms with Gasteiger partial charge in [0.1, 0.15) is 36.1 Å². The molecule has 4 aliphatic rings. The number of fused-ring (bicyclic) bond motifs is 1. The van der Waals surface area contributed by atoms with Gasteiger partial charge in [-0.1, -0.05) is 84.3 Å². The van der Waals surface area contributed by atoms with Crippen LogP contribution in [0.25, 0.3) is 10.4 Å². The number of amides is 4. The molecule has 76 heavy (non-hydrogen) atoms. The Balaban J connectivity index is 0.768. The monoisotopic (exact) mass is 1080 g/mol. The van der Waals surface area contributed by atoms with Crippen LogP contribution in [0.3, 0.4) is 0 Å². The average molecular weight is 1080 g/mol. The summed E-state index contributed by atoms with van der Waals surface area (Å²) in [5.74, 6) is -0.919.